The summed E-state index contributed by atoms with van der Waals surface area (Å²) >= 11 is 6.16. The lowest BCUT2D eigenvalue weighted by molar-refractivity contribution is 0.0606. The number of benzene rings is 3. The molecule has 0 bridgehead atoms. The van der Waals surface area contributed by atoms with E-state index in [1.807, 2.05) is 49.4 Å². The topological polar surface area (TPSA) is 55.4 Å². The Morgan fingerprint density at radius 1 is 0.857 bits per heavy atom. The Balaban J connectivity index is 1.26. The van der Waals surface area contributed by atoms with Crippen molar-refractivity contribution in [2.45, 2.75) is 19.1 Å². The smallest absolute Gasteiger partial charge is 0.137 e. The second-order valence-electron chi connectivity index (χ2n) is 9.18. The van der Waals surface area contributed by atoms with Gasteiger partial charge >= 0.3 is 0 Å². The summed E-state index contributed by atoms with van der Waals surface area (Å²) in [6.45, 7) is 6.18. The number of aromatic nitrogens is 2. The first-order valence-corrected chi connectivity index (χ1v) is 12.5. The van der Waals surface area contributed by atoms with Gasteiger partial charge in [-0.1, -0.05) is 84.4 Å². The van der Waals surface area contributed by atoms with E-state index >= 15 is 0 Å². The zero-order chi connectivity index (χ0) is 24.2. The Labute approximate surface area is 212 Å². The van der Waals surface area contributed by atoms with Crippen LogP contribution in [0.25, 0.3) is 11.4 Å². The number of hydrogen-bond donors (Lipinski definition) is 2. The summed E-state index contributed by atoms with van der Waals surface area (Å²) in [5.41, 5.74) is 5.20. The molecule has 0 saturated carbocycles. The molecule has 5 nitrogen and oxygen atoms in total. The van der Waals surface area contributed by atoms with Gasteiger partial charge in [-0.2, -0.15) is 0 Å². The van der Waals surface area contributed by atoms with Crippen LogP contribution in [0.4, 0.5) is 0 Å². The number of piperazine rings is 1. The third-order valence-electron chi connectivity index (χ3n) is 6.79. The number of aliphatic hydroxyl groups excluding tert-OH is 1. The van der Waals surface area contributed by atoms with Crippen molar-refractivity contribution in [3.8, 4) is 11.4 Å². The van der Waals surface area contributed by atoms with Crippen LogP contribution >= 0.6 is 11.6 Å². The van der Waals surface area contributed by atoms with Gasteiger partial charge in [0, 0.05) is 49.0 Å². The molecule has 2 N–H and O–H groups in total. The van der Waals surface area contributed by atoms with Crippen molar-refractivity contribution in [2.75, 3.05) is 32.7 Å². The highest BCUT2D eigenvalue weighted by atomic mass is 35.5. The van der Waals surface area contributed by atoms with Crippen molar-refractivity contribution in [1.82, 2.24) is 19.8 Å². The Morgan fingerprint density at radius 3 is 2.11 bits per heavy atom. The molecule has 2 unspecified atom stereocenters. The van der Waals surface area contributed by atoms with E-state index in [1.165, 1.54) is 11.1 Å². The predicted molar refractivity (Wildman–Crippen MR) is 141 cm³/mol. The molecule has 3 aromatic carbocycles. The molecule has 2 heterocycles. The summed E-state index contributed by atoms with van der Waals surface area (Å²) in [4.78, 5) is 12.9. The number of rotatable bonds is 7. The second kappa shape index (κ2) is 10.8. The third kappa shape index (κ3) is 5.49. The summed E-state index contributed by atoms with van der Waals surface area (Å²) in [7, 11) is 0. The zero-order valence-electron chi connectivity index (χ0n) is 19.9. The molecular formula is C29H31ClN4O. The molecule has 4 aromatic rings. The fraction of sp³-hybridized carbons (Fsp3) is 0.276. The van der Waals surface area contributed by atoms with Gasteiger partial charge in [0.1, 0.15) is 11.9 Å². The van der Waals surface area contributed by atoms with Crippen molar-refractivity contribution < 1.29 is 5.11 Å². The maximum absolute atomic E-state index is 11.0. The van der Waals surface area contributed by atoms with Crippen LogP contribution in [0.5, 0.6) is 0 Å². The van der Waals surface area contributed by atoms with Crippen LogP contribution in [0.1, 0.15) is 34.7 Å². The molecule has 1 fully saturated rings. The summed E-state index contributed by atoms with van der Waals surface area (Å²) in [5, 5.41) is 11.8. The van der Waals surface area contributed by atoms with E-state index in [0.29, 0.717) is 6.54 Å². The van der Waals surface area contributed by atoms with E-state index in [4.69, 9.17) is 16.6 Å². The van der Waals surface area contributed by atoms with E-state index in [0.717, 1.165) is 54.0 Å². The minimum Gasteiger partial charge on any atom is -0.385 e. The number of aryl methyl sites for hydroxylation is 1. The Morgan fingerprint density at radius 2 is 1.46 bits per heavy atom. The van der Waals surface area contributed by atoms with Crippen molar-refractivity contribution in [2.24, 2.45) is 0 Å². The standard InChI is InChI=1S/C29H31ClN4O/c1-21-27(32-29(31-21)24-10-6-3-7-11-24)26(35)20-33-16-18-34(19-17-33)28(22-8-4-2-5-9-22)23-12-14-25(30)15-13-23/h2-15,26,28,35H,16-20H2,1H3,(H,31,32). The van der Waals surface area contributed by atoms with Crippen molar-refractivity contribution >= 4 is 11.6 Å². The fourth-order valence-electron chi connectivity index (χ4n) is 4.96. The van der Waals surface area contributed by atoms with Gasteiger partial charge in [-0.3, -0.25) is 9.80 Å². The SMILES string of the molecule is Cc1[nH]c(-c2ccccc2)nc1C(O)CN1CCN(C(c2ccccc2)c2ccc(Cl)cc2)CC1. The number of nitrogens with zero attached hydrogens (tertiary/aromatic N) is 3. The first-order chi connectivity index (χ1) is 17.1. The van der Waals surface area contributed by atoms with Gasteiger partial charge in [0.05, 0.1) is 11.7 Å². The Kier molecular flexibility index (Phi) is 7.30. The molecule has 0 aliphatic carbocycles. The number of aromatic amines is 1. The lowest BCUT2D eigenvalue weighted by Gasteiger charge is -2.40. The summed E-state index contributed by atoms with van der Waals surface area (Å²) < 4.78 is 0. The largest absolute Gasteiger partial charge is 0.385 e. The average molecular weight is 487 g/mol. The van der Waals surface area contributed by atoms with Gasteiger partial charge < -0.3 is 10.1 Å². The maximum Gasteiger partial charge on any atom is 0.137 e. The maximum atomic E-state index is 11.0. The number of halogens is 1. The number of hydrogen-bond acceptors (Lipinski definition) is 4. The van der Waals surface area contributed by atoms with Gasteiger partial charge in [0.25, 0.3) is 0 Å². The van der Waals surface area contributed by atoms with Crippen LogP contribution in [0, 0.1) is 6.92 Å². The molecule has 0 amide bonds. The quantitative estimate of drug-likeness (QED) is 0.363. The number of imidazole rings is 1. The fourth-order valence-corrected chi connectivity index (χ4v) is 5.09. The number of nitrogens with one attached hydrogen (secondary N) is 1. The van der Waals surface area contributed by atoms with Crippen LogP contribution in [0.15, 0.2) is 84.9 Å². The van der Waals surface area contributed by atoms with E-state index in [1.54, 1.807) is 0 Å². The van der Waals surface area contributed by atoms with Crippen LogP contribution in [0.3, 0.4) is 0 Å². The molecule has 2 atom stereocenters. The summed E-state index contributed by atoms with van der Waals surface area (Å²) in [6, 6.07) is 29.0. The van der Waals surface area contributed by atoms with Crippen LogP contribution in [-0.4, -0.2) is 57.6 Å². The Bertz CT molecular complexity index is 1220. The summed E-state index contributed by atoms with van der Waals surface area (Å²) in [6.07, 6.45) is -0.628. The minimum atomic E-state index is -0.628. The van der Waals surface area contributed by atoms with Crippen molar-refractivity contribution in [3.05, 3.63) is 112 Å². The van der Waals surface area contributed by atoms with Gasteiger partial charge in [-0.25, -0.2) is 4.98 Å². The van der Waals surface area contributed by atoms with Gasteiger partial charge in [-0.15, -0.1) is 0 Å². The Hall–Kier alpha value is -2.96. The predicted octanol–water partition coefficient (Wildman–Crippen LogP) is 5.48. The molecule has 1 aliphatic heterocycles. The number of β-amino-alcohol motifs (C(OH)–C–C–N with tert-alkyl or cyclic N) is 1. The first-order valence-electron chi connectivity index (χ1n) is 12.2. The molecule has 1 aliphatic rings. The third-order valence-corrected chi connectivity index (χ3v) is 7.04. The van der Waals surface area contributed by atoms with Crippen molar-refractivity contribution in [3.63, 3.8) is 0 Å². The van der Waals surface area contributed by atoms with E-state index in [2.05, 4.69) is 57.2 Å². The number of aliphatic hydroxyl groups is 1. The number of H-pyrrole nitrogens is 1. The highest BCUT2D eigenvalue weighted by Gasteiger charge is 2.28. The molecule has 5 rings (SSSR count). The lowest BCUT2D eigenvalue weighted by atomic mass is 9.96. The molecule has 1 saturated heterocycles. The minimum absolute atomic E-state index is 0.183. The van der Waals surface area contributed by atoms with Crippen LogP contribution < -0.4 is 0 Å². The van der Waals surface area contributed by atoms with E-state index in [-0.39, 0.29) is 6.04 Å². The van der Waals surface area contributed by atoms with E-state index in [9.17, 15) is 5.11 Å². The van der Waals surface area contributed by atoms with Gasteiger partial charge in [-0.05, 0) is 30.2 Å². The second-order valence-corrected chi connectivity index (χ2v) is 9.62. The van der Waals surface area contributed by atoms with Crippen LogP contribution in [-0.2, 0) is 0 Å². The molecule has 35 heavy (non-hydrogen) atoms. The molecule has 180 valence electrons. The molecular weight excluding hydrogens is 456 g/mol. The molecule has 1 aromatic heterocycles. The van der Waals surface area contributed by atoms with Gasteiger partial charge in [0.2, 0.25) is 0 Å². The van der Waals surface area contributed by atoms with Crippen molar-refractivity contribution in [1.29, 1.82) is 0 Å². The normalized spacial score (nSPS) is 16.8. The summed E-state index contributed by atoms with van der Waals surface area (Å²) in [5.74, 6) is 0.802. The molecule has 6 heteroatoms. The first kappa shape index (κ1) is 23.8. The monoisotopic (exact) mass is 486 g/mol. The van der Waals surface area contributed by atoms with Gasteiger partial charge in [0.15, 0.2) is 0 Å². The average Bonchev–Trinajstić information content (AvgIpc) is 3.29. The molecule has 0 spiro atoms. The zero-order valence-corrected chi connectivity index (χ0v) is 20.7. The lowest BCUT2D eigenvalue weighted by Crippen LogP contribution is -2.48. The highest BCUT2D eigenvalue weighted by Crippen LogP contribution is 2.31. The van der Waals surface area contributed by atoms with E-state index < -0.39 is 6.10 Å². The highest BCUT2D eigenvalue weighted by molar-refractivity contribution is 6.30. The molecule has 0 radical (unpaired) electrons. The van der Waals surface area contributed by atoms with Crippen LogP contribution in [0.2, 0.25) is 5.02 Å².